The summed E-state index contributed by atoms with van der Waals surface area (Å²) < 4.78 is 6.65. The van der Waals surface area contributed by atoms with E-state index in [1.54, 1.807) is 6.92 Å². The predicted octanol–water partition coefficient (Wildman–Crippen LogP) is 4.43. The zero-order valence-corrected chi connectivity index (χ0v) is 13.6. The van der Waals surface area contributed by atoms with E-state index in [0.717, 1.165) is 19.5 Å². The Morgan fingerprint density at radius 2 is 2.06 bits per heavy atom. The van der Waals surface area contributed by atoms with Gasteiger partial charge in [-0.3, -0.25) is 0 Å². The first kappa shape index (κ1) is 13.7. The summed E-state index contributed by atoms with van der Waals surface area (Å²) in [6.45, 7) is 1.81. The van der Waals surface area contributed by atoms with Gasteiger partial charge in [-0.2, -0.15) is 0 Å². The van der Waals surface area contributed by atoms with Crippen LogP contribution in [0.3, 0.4) is 0 Å². The normalized spacial score (nSPS) is 10.4. The molecule has 18 heavy (non-hydrogen) atoms. The number of methoxy groups -OCH3 is 1. The molecular weight excluding hydrogens is 382 g/mol. The van der Waals surface area contributed by atoms with Gasteiger partial charge in [0, 0.05) is 14.5 Å². The number of aryl methyl sites for hydroxylation is 1. The molecule has 0 atom stereocenters. The standard InChI is InChI=1S/C12H9Br2NO2S/c1-6-10(12(16)17-2)18-11(15-6)7-3-4-8(13)9(14)5-7/h3-5H,1-2H3. The topological polar surface area (TPSA) is 39.2 Å². The number of benzene rings is 1. The zero-order chi connectivity index (χ0) is 13.3. The lowest BCUT2D eigenvalue weighted by Crippen LogP contribution is -1.99. The molecule has 1 aromatic heterocycles. The van der Waals surface area contributed by atoms with Crippen LogP contribution in [-0.4, -0.2) is 18.1 Å². The number of hydrogen-bond acceptors (Lipinski definition) is 4. The summed E-state index contributed by atoms with van der Waals surface area (Å²) in [7, 11) is 1.37. The molecule has 1 aromatic carbocycles. The van der Waals surface area contributed by atoms with Crippen LogP contribution in [0.4, 0.5) is 0 Å². The van der Waals surface area contributed by atoms with Gasteiger partial charge in [-0.05, 0) is 50.9 Å². The van der Waals surface area contributed by atoms with Crippen LogP contribution in [0.2, 0.25) is 0 Å². The van der Waals surface area contributed by atoms with Gasteiger partial charge in [0.2, 0.25) is 0 Å². The van der Waals surface area contributed by atoms with Crippen molar-refractivity contribution < 1.29 is 9.53 Å². The summed E-state index contributed by atoms with van der Waals surface area (Å²) in [6, 6.07) is 5.85. The molecule has 0 saturated carbocycles. The number of nitrogens with zero attached hydrogens (tertiary/aromatic N) is 1. The Balaban J connectivity index is 2.45. The van der Waals surface area contributed by atoms with Crippen molar-refractivity contribution in [3.63, 3.8) is 0 Å². The van der Waals surface area contributed by atoms with E-state index in [-0.39, 0.29) is 5.97 Å². The number of rotatable bonds is 2. The van der Waals surface area contributed by atoms with Crippen LogP contribution in [0.25, 0.3) is 10.6 Å². The van der Waals surface area contributed by atoms with E-state index in [1.165, 1.54) is 18.4 Å². The number of halogens is 2. The number of hydrogen-bond donors (Lipinski definition) is 0. The molecule has 0 radical (unpaired) electrons. The van der Waals surface area contributed by atoms with Crippen molar-refractivity contribution in [1.82, 2.24) is 4.98 Å². The number of thiazole rings is 1. The monoisotopic (exact) mass is 389 g/mol. The van der Waals surface area contributed by atoms with Crippen LogP contribution in [-0.2, 0) is 4.74 Å². The first-order chi connectivity index (χ1) is 8.52. The van der Waals surface area contributed by atoms with Crippen molar-refractivity contribution in [2.24, 2.45) is 0 Å². The molecule has 0 aliphatic heterocycles. The van der Waals surface area contributed by atoms with Gasteiger partial charge in [-0.15, -0.1) is 11.3 Å². The molecule has 2 aromatic rings. The van der Waals surface area contributed by atoms with Crippen molar-refractivity contribution in [1.29, 1.82) is 0 Å². The fourth-order valence-electron chi connectivity index (χ4n) is 1.43. The highest BCUT2D eigenvalue weighted by Gasteiger charge is 2.16. The average Bonchev–Trinajstić information content (AvgIpc) is 2.74. The summed E-state index contributed by atoms with van der Waals surface area (Å²) in [4.78, 5) is 16.5. The molecule has 0 amide bonds. The first-order valence-electron chi connectivity index (χ1n) is 5.04. The van der Waals surface area contributed by atoms with Crippen LogP contribution < -0.4 is 0 Å². The third-order valence-corrected chi connectivity index (χ3v) is 5.40. The smallest absolute Gasteiger partial charge is 0.349 e. The SMILES string of the molecule is COC(=O)c1sc(-c2ccc(Br)c(Br)c2)nc1C. The first-order valence-corrected chi connectivity index (χ1v) is 7.44. The Morgan fingerprint density at radius 1 is 1.33 bits per heavy atom. The minimum Gasteiger partial charge on any atom is -0.465 e. The molecule has 0 unspecified atom stereocenters. The molecule has 0 bridgehead atoms. The van der Waals surface area contributed by atoms with E-state index < -0.39 is 0 Å². The van der Waals surface area contributed by atoms with Gasteiger partial charge in [0.25, 0.3) is 0 Å². The van der Waals surface area contributed by atoms with Crippen LogP contribution in [0, 0.1) is 6.92 Å². The second-order valence-corrected chi connectivity index (χ2v) is 6.26. The highest BCUT2D eigenvalue weighted by molar-refractivity contribution is 9.13. The Morgan fingerprint density at radius 3 is 2.67 bits per heavy atom. The van der Waals surface area contributed by atoms with E-state index in [9.17, 15) is 4.79 Å². The molecule has 0 N–H and O–H groups in total. The molecule has 94 valence electrons. The summed E-state index contributed by atoms with van der Waals surface area (Å²) in [6.07, 6.45) is 0. The van der Waals surface area contributed by atoms with Crippen molar-refractivity contribution in [3.05, 3.63) is 37.7 Å². The molecule has 0 spiro atoms. The molecule has 0 aliphatic carbocycles. The van der Waals surface area contributed by atoms with Crippen molar-refractivity contribution in [3.8, 4) is 10.6 Å². The van der Waals surface area contributed by atoms with Crippen molar-refractivity contribution in [2.45, 2.75) is 6.92 Å². The van der Waals surface area contributed by atoms with Crippen LogP contribution in [0.1, 0.15) is 15.4 Å². The highest BCUT2D eigenvalue weighted by Crippen LogP contribution is 2.32. The van der Waals surface area contributed by atoms with E-state index >= 15 is 0 Å². The number of carbonyl (C=O) groups is 1. The number of aromatic nitrogens is 1. The lowest BCUT2D eigenvalue weighted by atomic mass is 10.2. The molecule has 3 nitrogen and oxygen atoms in total. The Hall–Kier alpha value is -0.720. The molecule has 6 heteroatoms. The molecular formula is C12H9Br2NO2S. The summed E-state index contributed by atoms with van der Waals surface area (Å²) in [5, 5.41) is 0.807. The second kappa shape index (κ2) is 5.50. The fourth-order valence-corrected chi connectivity index (χ4v) is 3.04. The van der Waals surface area contributed by atoms with Gasteiger partial charge in [0.15, 0.2) is 0 Å². The van der Waals surface area contributed by atoms with E-state index in [1.807, 2.05) is 18.2 Å². The van der Waals surface area contributed by atoms with Gasteiger partial charge in [-0.25, -0.2) is 9.78 Å². The van der Waals surface area contributed by atoms with Gasteiger partial charge < -0.3 is 4.74 Å². The quantitative estimate of drug-likeness (QED) is 0.712. The Kier molecular flexibility index (Phi) is 4.19. The minimum absolute atomic E-state index is 0.340. The minimum atomic E-state index is -0.340. The maximum absolute atomic E-state index is 11.5. The van der Waals surface area contributed by atoms with Gasteiger partial charge >= 0.3 is 5.97 Å². The van der Waals surface area contributed by atoms with E-state index in [0.29, 0.717) is 10.6 Å². The number of esters is 1. The average molecular weight is 391 g/mol. The molecule has 2 rings (SSSR count). The maximum Gasteiger partial charge on any atom is 0.349 e. The van der Waals surface area contributed by atoms with E-state index in [4.69, 9.17) is 4.74 Å². The third-order valence-electron chi connectivity index (χ3n) is 2.33. The fraction of sp³-hybridized carbons (Fsp3) is 0.167. The lowest BCUT2D eigenvalue weighted by molar-refractivity contribution is 0.0605. The second-order valence-electron chi connectivity index (χ2n) is 3.55. The summed E-state index contributed by atoms with van der Waals surface area (Å²) >= 11 is 8.21. The third kappa shape index (κ3) is 2.65. The van der Waals surface area contributed by atoms with Crippen LogP contribution in [0.15, 0.2) is 27.1 Å². The molecule has 0 aliphatic rings. The molecule has 0 fully saturated rings. The maximum atomic E-state index is 11.5. The molecule has 0 saturated heterocycles. The lowest BCUT2D eigenvalue weighted by Gasteiger charge is -1.99. The Labute approximate surface area is 125 Å². The number of carbonyl (C=O) groups excluding carboxylic acids is 1. The number of ether oxygens (including phenoxy) is 1. The van der Waals surface area contributed by atoms with Gasteiger partial charge in [0.05, 0.1) is 12.8 Å². The van der Waals surface area contributed by atoms with Crippen LogP contribution >= 0.6 is 43.2 Å². The highest BCUT2D eigenvalue weighted by atomic mass is 79.9. The van der Waals surface area contributed by atoms with Crippen molar-refractivity contribution >= 4 is 49.2 Å². The predicted molar refractivity (Wildman–Crippen MR) is 79.0 cm³/mol. The van der Waals surface area contributed by atoms with Crippen LogP contribution in [0.5, 0.6) is 0 Å². The van der Waals surface area contributed by atoms with Gasteiger partial charge in [0.1, 0.15) is 9.88 Å². The van der Waals surface area contributed by atoms with Crippen molar-refractivity contribution in [2.75, 3.05) is 7.11 Å². The summed E-state index contributed by atoms with van der Waals surface area (Å²) in [5.74, 6) is -0.340. The Bertz CT molecular complexity index is 610. The molecule has 1 heterocycles. The zero-order valence-electron chi connectivity index (χ0n) is 9.66. The summed E-state index contributed by atoms with van der Waals surface area (Å²) in [5.41, 5.74) is 1.66. The van der Waals surface area contributed by atoms with E-state index in [2.05, 4.69) is 36.8 Å². The van der Waals surface area contributed by atoms with Gasteiger partial charge in [-0.1, -0.05) is 6.07 Å². The largest absolute Gasteiger partial charge is 0.465 e.